The second kappa shape index (κ2) is 7.88. The third-order valence-electron chi connectivity index (χ3n) is 2.92. The van der Waals surface area contributed by atoms with Crippen molar-refractivity contribution in [1.82, 2.24) is 10.3 Å². The molecule has 4 heteroatoms. The lowest BCUT2D eigenvalue weighted by atomic mass is 10.2. The number of pyridine rings is 1. The molecular formula is C16H19ClN2O. The molecule has 0 unspecified atom stereocenters. The van der Waals surface area contributed by atoms with Gasteiger partial charge in [-0.15, -0.1) is 0 Å². The van der Waals surface area contributed by atoms with Crippen LogP contribution < -0.4 is 10.1 Å². The Morgan fingerprint density at radius 3 is 2.75 bits per heavy atom. The molecule has 3 nitrogen and oxygen atoms in total. The first kappa shape index (κ1) is 14.8. The summed E-state index contributed by atoms with van der Waals surface area (Å²) in [5.74, 6) is 0.825. The van der Waals surface area contributed by atoms with Gasteiger partial charge in [0.1, 0.15) is 12.4 Å². The summed E-state index contributed by atoms with van der Waals surface area (Å²) >= 11 is 5.87. The number of ether oxygens (including phenoxy) is 1. The molecule has 1 N–H and O–H groups in total. The number of rotatable bonds is 7. The molecule has 2 rings (SSSR count). The maximum absolute atomic E-state index is 5.87. The third-order valence-corrected chi connectivity index (χ3v) is 3.17. The zero-order valence-corrected chi connectivity index (χ0v) is 12.4. The molecule has 1 aromatic carbocycles. The van der Waals surface area contributed by atoms with Crippen molar-refractivity contribution in [3.05, 3.63) is 58.9 Å². The predicted octanol–water partition coefficient (Wildman–Crippen LogP) is 3.81. The predicted molar refractivity (Wildman–Crippen MR) is 82.0 cm³/mol. The Kier molecular flexibility index (Phi) is 5.84. The average Bonchev–Trinajstić information content (AvgIpc) is 2.48. The van der Waals surface area contributed by atoms with Crippen molar-refractivity contribution >= 4 is 11.6 Å². The highest BCUT2D eigenvalue weighted by atomic mass is 35.5. The van der Waals surface area contributed by atoms with Crippen molar-refractivity contribution in [1.29, 1.82) is 0 Å². The minimum atomic E-state index is 0.518. The van der Waals surface area contributed by atoms with Gasteiger partial charge in [0.05, 0.1) is 6.20 Å². The van der Waals surface area contributed by atoms with Crippen molar-refractivity contribution in [2.75, 3.05) is 6.54 Å². The summed E-state index contributed by atoms with van der Waals surface area (Å²) in [4.78, 5) is 4.13. The molecule has 0 saturated heterocycles. The lowest BCUT2D eigenvalue weighted by Crippen LogP contribution is -2.14. The van der Waals surface area contributed by atoms with E-state index in [0.717, 1.165) is 41.4 Å². The standard InChI is InChI=1S/C16H19ClN2O/c1-2-8-18-10-14-7-9-19-11-16(14)20-12-13-3-5-15(17)6-4-13/h3-7,9,11,18H,2,8,10,12H2,1H3. The van der Waals surface area contributed by atoms with Crippen LogP contribution in [0.25, 0.3) is 0 Å². The van der Waals surface area contributed by atoms with E-state index in [1.165, 1.54) is 0 Å². The fourth-order valence-corrected chi connectivity index (χ4v) is 1.95. The normalized spacial score (nSPS) is 10.5. The quantitative estimate of drug-likeness (QED) is 0.787. The molecule has 0 amide bonds. The highest BCUT2D eigenvalue weighted by Gasteiger charge is 2.03. The lowest BCUT2D eigenvalue weighted by Gasteiger charge is -2.11. The van der Waals surface area contributed by atoms with E-state index in [4.69, 9.17) is 16.3 Å². The topological polar surface area (TPSA) is 34.2 Å². The van der Waals surface area contributed by atoms with Crippen LogP contribution in [0.5, 0.6) is 5.75 Å². The molecule has 0 atom stereocenters. The van der Waals surface area contributed by atoms with E-state index in [1.807, 2.05) is 30.3 Å². The van der Waals surface area contributed by atoms with Crippen molar-refractivity contribution in [3.63, 3.8) is 0 Å². The van der Waals surface area contributed by atoms with Gasteiger partial charge in [-0.2, -0.15) is 0 Å². The Hall–Kier alpha value is -1.58. The van der Waals surface area contributed by atoms with Crippen LogP contribution in [-0.2, 0) is 13.2 Å². The summed E-state index contributed by atoms with van der Waals surface area (Å²) in [6.07, 6.45) is 4.67. The smallest absolute Gasteiger partial charge is 0.142 e. The Morgan fingerprint density at radius 2 is 2.00 bits per heavy atom. The van der Waals surface area contributed by atoms with Gasteiger partial charge in [-0.3, -0.25) is 4.98 Å². The van der Waals surface area contributed by atoms with Crippen LogP contribution in [0.4, 0.5) is 0 Å². The number of hydrogen-bond acceptors (Lipinski definition) is 3. The highest BCUT2D eigenvalue weighted by molar-refractivity contribution is 6.30. The van der Waals surface area contributed by atoms with E-state index in [9.17, 15) is 0 Å². The monoisotopic (exact) mass is 290 g/mol. The summed E-state index contributed by atoms with van der Waals surface area (Å²) in [6.45, 7) is 4.46. The van der Waals surface area contributed by atoms with Crippen LogP contribution in [0.1, 0.15) is 24.5 Å². The molecule has 1 aromatic heterocycles. The van der Waals surface area contributed by atoms with Crippen LogP contribution in [0.15, 0.2) is 42.7 Å². The molecule has 0 aliphatic rings. The van der Waals surface area contributed by atoms with Gasteiger partial charge in [0, 0.05) is 23.3 Å². The molecule has 0 saturated carbocycles. The van der Waals surface area contributed by atoms with E-state index in [1.54, 1.807) is 12.4 Å². The molecule has 1 heterocycles. The van der Waals surface area contributed by atoms with Crippen molar-refractivity contribution in [2.45, 2.75) is 26.5 Å². The lowest BCUT2D eigenvalue weighted by molar-refractivity contribution is 0.301. The molecule has 0 spiro atoms. The fraction of sp³-hybridized carbons (Fsp3) is 0.312. The number of benzene rings is 1. The Balaban J connectivity index is 1.96. The van der Waals surface area contributed by atoms with Crippen LogP contribution in [0.3, 0.4) is 0 Å². The van der Waals surface area contributed by atoms with Gasteiger partial charge in [0.25, 0.3) is 0 Å². The van der Waals surface area contributed by atoms with E-state index in [2.05, 4.69) is 17.2 Å². The summed E-state index contributed by atoms with van der Waals surface area (Å²) in [7, 11) is 0. The van der Waals surface area contributed by atoms with Gasteiger partial charge in [-0.05, 0) is 36.7 Å². The number of hydrogen-bond donors (Lipinski definition) is 1. The Labute approximate surface area is 124 Å². The number of halogens is 1. The number of aromatic nitrogens is 1. The molecule has 0 aliphatic carbocycles. The summed E-state index contributed by atoms with van der Waals surface area (Å²) < 4.78 is 5.85. The van der Waals surface area contributed by atoms with Gasteiger partial charge in [0.15, 0.2) is 0 Å². The maximum Gasteiger partial charge on any atom is 0.142 e. The third kappa shape index (κ3) is 4.51. The maximum atomic E-state index is 5.87. The van der Waals surface area contributed by atoms with Gasteiger partial charge in [-0.1, -0.05) is 30.7 Å². The number of nitrogens with one attached hydrogen (secondary N) is 1. The van der Waals surface area contributed by atoms with Crippen LogP contribution in [-0.4, -0.2) is 11.5 Å². The SMILES string of the molecule is CCCNCc1ccncc1OCc1ccc(Cl)cc1. The summed E-state index contributed by atoms with van der Waals surface area (Å²) in [5, 5.41) is 4.11. The first-order valence-corrected chi connectivity index (χ1v) is 7.18. The second-order valence-electron chi connectivity index (χ2n) is 4.58. The van der Waals surface area contributed by atoms with Gasteiger partial charge in [-0.25, -0.2) is 0 Å². The van der Waals surface area contributed by atoms with Crippen molar-refractivity contribution in [3.8, 4) is 5.75 Å². The minimum Gasteiger partial charge on any atom is -0.487 e. The zero-order chi connectivity index (χ0) is 14.2. The van der Waals surface area contributed by atoms with Crippen LogP contribution >= 0.6 is 11.6 Å². The molecule has 0 radical (unpaired) electrons. The van der Waals surface area contributed by atoms with E-state index in [-0.39, 0.29) is 0 Å². The summed E-state index contributed by atoms with van der Waals surface area (Å²) in [6, 6.07) is 9.65. The Morgan fingerprint density at radius 1 is 1.20 bits per heavy atom. The first-order valence-electron chi connectivity index (χ1n) is 6.80. The molecule has 0 fully saturated rings. The fourth-order valence-electron chi connectivity index (χ4n) is 1.83. The van der Waals surface area contributed by atoms with E-state index in [0.29, 0.717) is 6.61 Å². The second-order valence-corrected chi connectivity index (χ2v) is 5.01. The molecule has 106 valence electrons. The van der Waals surface area contributed by atoms with E-state index >= 15 is 0 Å². The molecule has 20 heavy (non-hydrogen) atoms. The molecule has 0 bridgehead atoms. The van der Waals surface area contributed by atoms with Gasteiger partial charge >= 0.3 is 0 Å². The average molecular weight is 291 g/mol. The van der Waals surface area contributed by atoms with Crippen LogP contribution in [0, 0.1) is 0 Å². The highest BCUT2D eigenvalue weighted by Crippen LogP contribution is 2.18. The van der Waals surface area contributed by atoms with Gasteiger partial charge in [0.2, 0.25) is 0 Å². The van der Waals surface area contributed by atoms with Crippen LogP contribution in [0.2, 0.25) is 5.02 Å². The molecular weight excluding hydrogens is 272 g/mol. The molecule has 2 aromatic rings. The Bertz CT molecular complexity index is 528. The number of nitrogens with zero attached hydrogens (tertiary/aromatic N) is 1. The van der Waals surface area contributed by atoms with Crippen molar-refractivity contribution < 1.29 is 4.74 Å². The summed E-state index contributed by atoms with van der Waals surface area (Å²) in [5.41, 5.74) is 2.22. The zero-order valence-electron chi connectivity index (χ0n) is 11.6. The molecule has 0 aliphatic heterocycles. The van der Waals surface area contributed by atoms with E-state index < -0.39 is 0 Å². The van der Waals surface area contributed by atoms with Crippen molar-refractivity contribution in [2.24, 2.45) is 0 Å². The first-order chi connectivity index (χ1) is 9.79. The minimum absolute atomic E-state index is 0.518. The van der Waals surface area contributed by atoms with Gasteiger partial charge < -0.3 is 10.1 Å². The largest absolute Gasteiger partial charge is 0.487 e.